The molecule has 1 heterocycles. The first-order chi connectivity index (χ1) is 5.74. The number of aromatic nitrogens is 4. The molecule has 0 fully saturated rings. The molecule has 0 radical (unpaired) electrons. The Bertz CT molecular complexity index is 205. The molecule has 4 heteroatoms. The van der Waals surface area contributed by atoms with Crippen LogP contribution >= 0.6 is 0 Å². The molecular formula is C8H18N4. The molecule has 0 N–H and O–H groups in total. The van der Waals surface area contributed by atoms with Crippen LogP contribution in [0, 0.1) is 0 Å². The van der Waals surface area contributed by atoms with Crippen molar-refractivity contribution in [2.24, 2.45) is 0 Å². The van der Waals surface area contributed by atoms with Crippen molar-refractivity contribution in [1.29, 1.82) is 0 Å². The van der Waals surface area contributed by atoms with E-state index >= 15 is 0 Å². The Hall–Kier alpha value is -0.930. The summed E-state index contributed by atoms with van der Waals surface area (Å²) < 4.78 is 0. The van der Waals surface area contributed by atoms with E-state index in [4.69, 9.17) is 0 Å². The Balaban J connectivity index is 0.000000561. The van der Waals surface area contributed by atoms with Gasteiger partial charge in [-0.1, -0.05) is 20.8 Å². The van der Waals surface area contributed by atoms with Crippen molar-refractivity contribution >= 4 is 0 Å². The fourth-order valence-electron chi connectivity index (χ4n) is 0.616. The highest BCUT2D eigenvalue weighted by Gasteiger charge is 2.01. The molecule has 4 nitrogen and oxygen atoms in total. The van der Waals surface area contributed by atoms with Crippen molar-refractivity contribution in [3.05, 3.63) is 5.82 Å². The van der Waals surface area contributed by atoms with Crippen LogP contribution in [0.3, 0.4) is 0 Å². The van der Waals surface area contributed by atoms with Gasteiger partial charge >= 0.3 is 0 Å². The van der Waals surface area contributed by atoms with E-state index in [1.807, 2.05) is 34.6 Å². The summed E-state index contributed by atoms with van der Waals surface area (Å²) in [6.45, 7) is 10.1. The van der Waals surface area contributed by atoms with Gasteiger partial charge in [0.2, 0.25) is 0 Å². The Kier molecular flexibility index (Phi) is 5.25. The molecule has 0 saturated heterocycles. The molecule has 1 aromatic heterocycles. The van der Waals surface area contributed by atoms with E-state index in [0.717, 1.165) is 12.2 Å². The summed E-state index contributed by atoms with van der Waals surface area (Å²) in [7, 11) is 0. The average molecular weight is 170 g/mol. The third-order valence-corrected chi connectivity index (χ3v) is 1.25. The summed E-state index contributed by atoms with van der Waals surface area (Å²) in [6.07, 6.45) is 0.854. The number of hydrogen-bond donors (Lipinski definition) is 0. The molecule has 0 aromatic carbocycles. The SMILES string of the molecule is CC.CCc1nnn(C(C)C)n1. The number of tetrazole rings is 1. The van der Waals surface area contributed by atoms with Crippen LogP contribution in [-0.4, -0.2) is 20.2 Å². The van der Waals surface area contributed by atoms with Crippen molar-refractivity contribution in [2.45, 2.75) is 47.1 Å². The van der Waals surface area contributed by atoms with Crippen molar-refractivity contribution in [1.82, 2.24) is 20.2 Å². The van der Waals surface area contributed by atoms with Gasteiger partial charge in [0.05, 0.1) is 6.04 Å². The summed E-state index contributed by atoms with van der Waals surface area (Å²) >= 11 is 0. The first kappa shape index (κ1) is 11.1. The first-order valence-corrected chi connectivity index (χ1v) is 4.52. The zero-order valence-corrected chi connectivity index (χ0v) is 8.57. The van der Waals surface area contributed by atoms with Gasteiger partial charge < -0.3 is 0 Å². The third-order valence-electron chi connectivity index (χ3n) is 1.25. The maximum absolute atomic E-state index is 4.12. The third kappa shape index (κ3) is 2.98. The average Bonchev–Trinajstić information content (AvgIpc) is 2.55. The Morgan fingerprint density at radius 3 is 2.17 bits per heavy atom. The van der Waals surface area contributed by atoms with E-state index in [9.17, 15) is 0 Å². The number of rotatable bonds is 2. The Morgan fingerprint density at radius 2 is 1.92 bits per heavy atom. The zero-order chi connectivity index (χ0) is 9.56. The largest absolute Gasteiger partial charge is 0.174 e. The van der Waals surface area contributed by atoms with Crippen LogP contribution in [0.25, 0.3) is 0 Å². The topological polar surface area (TPSA) is 43.6 Å². The summed E-state index contributed by atoms with van der Waals surface area (Å²) in [4.78, 5) is 1.62. The van der Waals surface area contributed by atoms with Crippen LogP contribution in [0.2, 0.25) is 0 Å². The lowest BCUT2D eigenvalue weighted by atomic mass is 10.4. The summed E-state index contributed by atoms with van der Waals surface area (Å²) in [5, 5.41) is 11.8. The van der Waals surface area contributed by atoms with Crippen molar-refractivity contribution in [3.63, 3.8) is 0 Å². The molecule has 0 bridgehead atoms. The van der Waals surface area contributed by atoms with Gasteiger partial charge in [0, 0.05) is 6.42 Å². The molecule has 12 heavy (non-hydrogen) atoms. The molecule has 70 valence electrons. The molecule has 0 amide bonds. The lowest BCUT2D eigenvalue weighted by Gasteiger charge is -1.98. The Morgan fingerprint density at radius 1 is 1.33 bits per heavy atom. The molecule has 0 unspecified atom stereocenters. The summed E-state index contributed by atoms with van der Waals surface area (Å²) in [6, 6.07) is 0.313. The zero-order valence-electron chi connectivity index (χ0n) is 8.57. The highest BCUT2D eigenvalue weighted by atomic mass is 15.6. The van der Waals surface area contributed by atoms with E-state index < -0.39 is 0 Å². The molecule has 0 saturated carbocycles. The first-order valence-electron chi connectivity index (χ1n) is 4.52. The van der Waals surface area contributed by atoms with Crippen molar-refractivity contribution in [2.75, 3.05) is 0 Å². The van der Waals surface area contributed by atoms with Crippen LogP contribution in [0.4, 0.5) is 0 Å². The molecule has 0 aliphatic heterocycles. The van der Waals surface area contributed by atoms with E-state index in [-0.39, 0.29) is 0 Å². The summed E-state index contributed by atoms with van der Waals surface area (Å²) in [5.41, 5.74) is 0. The summed E-state index contributed by atoms with van der Waals surface area (Å²) in [5.74, 6) is 0.814. The fourth-order valence-corrected chi connectivity index (χ4v) is 0.616. The monoisotopic (exact) mass is 170 g/mol. The van der Waals surface area contributed by atoms with Gasteiger partial charge in [-0.25, -0.2) is 0 Å². The molecule has 0 aliphatic carbocycles. The number of aryl methyl sites for hydroxylation is 1. The van der Waals surface area contributed by atoms with Crippen molar-refractivity contribution in [3.8, 4) is 0 Å². The molecule has 0 spiro atoms. The van der Waals surface area contributed by atoms with E-state index in [1.54, 1.807) is 4.80 Å². The Labute approximate surface area is 74.0 Å². The quantitative estimate of drug-likeness (QED) is 0.680. The number of nitrogens with zero attached hydrogens (tertiary/aromatic N) is 4. The van der Waals surface area contributed by atoms with Crippen LogP contribution in [0.5, 0.6) is 0 Å². The van der Waals surface area contributed by atoms with E-state index in [2.05, 4.69) is 15.4 Å². The predicted octanol–water partition coefficient (Wildman–Crippen LogP) is 1.84. The van der Waals surface area contributed by atoms with Crippen LogP contribution < -0.4 is 0 Å². The minimum atomic E-state index is 0.313. The minimum absolute atomic E-state index is 0.313. The highest BCUT2D eigenvalue weighted by Crippen LogP contribution is 1.97. The second-order valence-corrected chi connectivity index (χ2v) is 2.47. The van der Waals surface area contributed by atoms with E-state index in [0.29, 0.717) is 6.04 Å². The maximum atomic E-state index is 4.12. The molecule has 1 aromatic rings. The second-order valence-electron chi connectivity index (χ2n) is 2.47. The van der Waals surface area contributed by atoms with Gasteiger partial charge in [-0.05, 0) is 19.1 Å². The molecular weight excluding hydrogens is 152 g/mol. The van der Waals surface area contributed by atoms with Crippen LogP contribution in [0.1, 0.15) is 46.5 Å². The van der Waals surface area contributed by atoms with Crippen molar-refractivity contribution < 1.29 is 0 Å². The standard InChI is InChI=1S/C6H12N4.C2H6/c1-4-6-7-9-10(8-6)5(2)3;1-2/h5H,4H2,1-3H3;1-2H3. The van der Waals surface area contributed by atoms with Gasteiger partial charge in [-0.2, -0.15) is 4.80 Å². The van der Waals surface area contributed by atoms with Gasteiger partial charge in [0.15, 0.2) is 5.82 Å². The lowest BCUT2D eigenvalue weighted by Crippen LogP contribution is -2.04. The second kappa shape index (κ2) is 5.69. The fraction of sp³-hybridized carbons (Fsp3) is 0.875. The maximum Gasteiger partial charge on any atom is 0.174 e. The highest BCUT2D eigenvalue weighted by molar-refractivity contribution is 4.74. The smallest absolute Gasteiger partial charge is 0.162 e. The lowest BCUT2D eigenvalue weighted by molar-refractivity contribution is 0.453. The van der Waals surface area contributed by atoms with Gasteiger partial charge in [-0.15, -0.1) is 10.2 Å². The molecule has 1 rings (SSSR count). The minimum Gasteiger partial charge on any atom is -0.162 e. The van der Waals surface area contributed by atoms with Gasteiger partial charge in [-0.3, -0.25) is 0 Å². The van der Waals surface area contributed by atoms with E-state index in [1.165, 1.54) is 0 Å². The normalized spacial score (nSPS) is 9.50. The van der Waals surface area contributed by atoms with Gasteiger partial charge in [0.25, 0.3) is 0 Å². The van der Waals surface area contributed by atoms with Crippen LogP contribution in [-0.2, 0) is 6.42 Å². The van der Waals surface area contributed by atoms with Gasteiger partial charge in [0.1, 0.15) is 0 Å². The predicted molar refractivity (Wildman–Crippen MR) is 48.9 cm³/mol. The van der Waals surface area contributed by atoms with Crippen LogP contribution in [0.15, 0.2) is 0 Å². The molecule has 0 aliphatic rings. The molecule has 0 atom stereocenters. The number of hydrogen-bond acceptors (Lipinski definition) is 3.